The third-order valence-electron chi connectivity index (χ3n) is 8.39. The maximum absolute atomic E-state index is 12.6. The van der Waals surface area contributed by atoms with Crippen LogP contribution in [0.25, 0.3) is 0 Å². The van der Waals surface area contributed by atoms with E-state index in [2.05, 4.69) is 31.2 Å². The highest BCUT2D eigenvalue weighted by Gasteiger charge is 2.41. The van der Waals surface area contributed by atoms with Crippen molar-refractivity contribution in [3.63, 3.8) is 0 Å². The van der Waals surface area contributed by atoms with E-state index in [0.29, 0.717) is 0 Å². The average molecular weight is 663 g/mol. The number of esters is 1. The SMILES string of the molecule is CCCCCCCC/C=C\CCCC/C=C\CCCCCCCCC(=O)OC[C@@H](O)COP(=O)(O)C(C)[N+](C)(C)CCC(O)O. The van der Waals surface area contributed by atoms with Crippen molar-refractivity contribution in [1.82, 2.24) is 0 Å². The van der Waals surface area contributed by atoms with Crippen molar-refractivity contribution in [2.45, 2.75) is 160 Å². The van der Waals surface area contributed by atoms with Crippen LogP contribution in [-0.2, 0) is 18.6 Å². The number of unbranched alkanes of at least 4 members (excludes halogenated alkanes) is 15. The van der Waals surface area contributed by atoms with E-state index in [9.17, 15) is 19.4 Å². The molecular formula is C35H69NO8P+. The zero-order valence-corrected chi connectivity index (χ0v) is 30.0. The lowest BCUT2D eigenvalue weighted by Crippen LogP contribution is -2.48. The third kappa shape index (κ3) is 26.7. The lowest BCUT2D eigenvalue weighted by molar-refractivity contribution is -0.901. The second-order valence-electron chi connectivity index (χ2n) is 13.0. The molecule has 0 aromatic carbocycles. The van der Waals surface area contributed by atoms with Gasteiger partial charge in [0.15, 0.2) is 12.1 Å². The molecule has 45 heavy (non-hydrogen) atoms. The van der Waals surface area contributed by atoms with Crippen LogP contribution in [-0.4, -0.2) is 82.7 Å². The number of carbonyl (C=O) groups is 1. The Bertz CT molecular complexity index is 817. The van der Waals surface area contributed by atoms with Crippen molar-refractivity contribution in [2.75, 3.05) is 33.9 Å². The van der Waals surface area contributed by atoms with Gasteiger partial charge in [0.05, 0.1) is 27.2 Å². The highest BCUT2D eigenvalue weighted by molar-refractivity contribution is 7.53. The van der Waals surface area contributed by atoms with Gasteiger partial charge in [-0.3, -0.25) is 9.36 Å². The molecule has 0 aromatic rings. The fraction of sp³-hybridized carbons (Fsp3) is 0.857. The van der Waals surface area contributed by atoms with Crippen molar-refractivity contribution in [3.05, 3.63) is 24.3 Å². The Hall–Kier alpha value is -1.06. The molecule has 0 amide bonds. The van der Waals surface area contributed by atoms with E-state index in [4.69, 9.17) is 19.5 Å². The number of carbonyl (C=O) groups excluding carboxylic acids is 1. The number of nitrogens with zero attached hydrogens (tertiary/aromatic N) is 1. The van der Waals surface area contributed by atoms with E-state index < -0.39 is 38.3 Å². The van der Waals surface area contributed by atoms with Crippen molar-refractivity contribution in [3.8, 4) is 0 Å². The van der Waals surface area contributed by atoms with Gasteiger partial charge in [-0.15, -0.1) is 0 Å². The maximum Gasteiger partial charge on any atom is 0.384 e. The van der Waals surface area contributed by atoms with Gasteiger partial charge in [0.25, 0.3) is 0 Å². The number of rotatable bonds is 31. The zero-order valence-electron chi connectivity index (χ0n) is 29.1. The molecule has 266 valence electrons. The van der Waals surface area contributed by atoms with Crippen LogP contribution in [0.3, 0.4) is 0 Å². The summed E-state index contributed by atoms with van der Waals surface area (Å²) in [5.41, 5.74) is 0. The summed E-state index contributed by atoms with van der Waals surface area (Å²) in [6.07, 6.45) is 28.8. The van der Waals surface area contributed by atoms with E-state index in [-0.39, 0.29) is 30.5 Å². The van der Waals surface area contributed by atoms with Gasteiger partial charge < -0.3 is 34.0 Å². The van der Waals surface area contributed by atoms with E-state index in [1.165, 1.54) is 90.4 Å². The van der Waals surface area contributed by atoms with Crippen LogP contribution in [0.4, 0.5) is 0 Å². The summed E-state index contributed by atoms with van der Waals surface area (Å²) < 4.78 is 22.9. The Morgan fingerprint density at radius 2 is 1.18 bits per heavy atom. The van der Waals surface area contributed by atoms with Crippen molar-refractivity contribution < 1.29 is 43.3 Å². The topological polar surface area (TPSA) is 134 Å². The molecule has 2 unspecified atom stereocenters. The molecule has 9 nitrogen and oxygen atoms in total. The van der Waals surface area contributed by atoms with Crippen LogP contribution in [0.15, 0.2) is 24.3 Å². The first kappa shape index (κ1) is 43.9. The van der Waals surface area contributed by atoms with Gasteiger partial charge in [0.2, 0.25) is 0 Å². The van der Waals surface area contributed by atoms with E-state index in [1.54, 1.807) is 14.1 Å². The molecule has 0 rings (SSSR count). The minimum absolute atomic E-state index is 0.0331. The molecule has 0 saturated heterocycles. The smallest absolute Gasteiger partial charge is 0.384 e. The summed E-state index contributed by atoms with van der Waals surface area (Å²) >= 11 is 0. The highest BCUT2D eigenvalue weighted by atomic mass is 31.2. The van der Waals surface area contributed by atoms with Gasteiger partial charge in [-0.2, -0.15) is 0 Å². The predicted octanol–water partition coefficient (Wildman–Crippen LogP) is 7.76. The molecule has 0 spiro atoms. The summed E-state index contributed by atoms with van der Waals surface area (Å²) in [6, 6.07) is 0. The van der Waals surface area contributed by atoms with Crippen LogP contribution in [0.5, 0.6) is 0 Å². The Labute approximate surface area is 275 Å². The van der Waals surface area contributed by atoms with Crippen molar-refractivity contribution in [1.29, 1.82) is 0 Å². The minimum Gasteiger partial charge on any atom is -0.463 e. The van der Waals surface area contributed by atoms with Crippen molar-refractivity contribution >= 4 is 13.6 Å². The lowest BCUT2D eigenvalue weighted by Gasteiger charge is -2.37. The van der Waals surface area contributed by atoms with Crippen LogP contribution in [0.1, 0.15) is 142 Å². The molecule has 0 aliphatic rings. The number of aliphatic hydroxyl groups excluding tert-OH is 2. The van der Waals surface area contributed by atoms with Gasteiger partial charge in [-0.05, 0) is 64.7 Å². The monoisotopic (exact) mass is 662 g/mol. The standard InChI is InChI=1S/C35H68NO8P/c1-5-6-7-8-9-10-11-12-13-14-15-16-17-18-19-20-21-22-23-24-25-26-27-35(40)43-30-33(37)31-44-45(41,42)32(2)36(3,4)29-28-34(38)39/h12-13,18-19,32-34,37-39H,5-11,14-17,20-31H2,1-4H3/p+1/b13-12-,19-18-/t32?,33-/m1/s1. The van der Waals surface area contributed by atoms with Gasteiger partial charge >= 0.3 is 13.6 Å². The fourth-order valence-corrected chi connectivity index (χ4v) is 6.42. The zero-order chi connectivity index (χ0) is 33.8. The maximum atomic E-state index is 12.6. The first-order chi connectivity index (χ1) is 21.4. The van der Waals surface area contributed by atoms with Crippen molar-refractivity contribution in [2.24, 2.45) is 0 Å². The lowest BCUT2D eigenvalue weighted by atomic mass is 10.1. The first-order valence-corrected chi connectivity index (χ1v) is 19.4. The molecule has 0 radical (unpaired) electrons. The predicted molar refractivity (Wildman–Crippen MR) is 184 cm³/mol. The summed E-state index contributed by atoms with van der Waals surface area (Å²) in [7, 11) is -0.736. The highest BCUT2D eigenvalue weighted by Crippen LogP contribution is 2.50. The molecule has 3 atom stereocenters. The largest absolute Gasteiger partial charge is 0.463 e. The van der Waals surface area contributed by atoms with Crippen LogP contribution < -0.4 is 0 Å². The second-order valence-corrected chi connectivity index (χ2v) is 15.2. The molecule has 0 bridgehead atoms. The molecule has 0 aliphatic heterocycles. The Balaban J connectivity index is 3.70. The molecule has 10 heteroatoms. The Kier molecular flexibility index (Phi) is 27.3. The number of aliphatic hydroxyl groups is 3. The normalized spacial score (nSPS) is 15.2. The third-order valence-corrected chi connectivity index (χ3v) is 10.5. The van der Waals surface area contributed by atoms with Gasteiger partial charge in [0, 0.05) is 12.8 Å². The second kappa shape index (κ2) is 28.0. The van der Waals surface area contributed by atoms with E-state index in [1.807, 2.05) is 0 Å². The Morgan fingerprint density at radius 1 is 0.733 bits per heavy atom. The van der Waals surface area contributed by atoms with Crippen LogP contribution in [0.2, 0.25) is 0 Å². The fourth-order valence-electron chi connectivity index (χ4n) is 4.92. The van der Waals surface area contributed by atoms with Crippen LogP contribution in [0, 0.1) is 0 Å². The molecule has 0 fully saturated rings. The van der Waals surface area contributed by atoms with Crippen LogP contribution >= 0.6 is 7.60 Å². The van der Waals surface area contributed by atoms with Gasteiger partial charge in [-0.25, -0.2) is 0 Å². The number of hydrogen-bond donors (Lipinski definition) is 4. The summed E-state index contributed by atoms with van der Waals surface area (Å²) in [5.74, 6) is -1.25. The van der Waals surface area contributed by atoms with Gasteiger partial charge in [0.1, 0.15) is 12.7 Å². The minimum atomic E-state index is -4.12. The molecule has 0 aliphatic carbocycles. The summed E-state index contributed by atoms with van der Waals surface area (Å²) in [6.45, 7) is 3.31. The molecule has 0 heterocycles. The summed E-state index contributed by atoms with van der Waals surface area (Å²) in [5, 5.41) is 28.2. The Morgan fingerprint density at radius 3 is 1.67 bits per heavy atom. The molecular weight excluding hydrogens is 593 g/mol. The quantitative estimate of drug-likeness (QED) is 0.0148. The molecule has 0 saturated carbocycles. The average Bonchev–Trinajstić information content (AvgIpc) is 3.00. The molecule has 4 N–H and O–H groups in total. The molecule has 0 aromatic heterocycles. The van der Waals surface area contributed by atoms with E-state index in [0.717, 1.165) is 32.1 Å². The summed E-state index contributed by atoms with van der Waals surface area (Å²) in [4.78, 5) is 22.3. The first-order valence-electron chi connectivity index (χ1n) is 17.7. The van der Waals surface area contributed by atoms with Gasteiger partial charge in [-0.1, -0.05) is 89.0 Å². The number of quaternary nitrogens is 1. The number of hydrogen-bond acceptors (Lipinski definition) is 7. The number of allylic oxidation sites excluding steroid dienone is 4. The number of ether oxygens (including phenoxy) is 1. The van der Waals surface area contributed by atoms with E-state index >= 15 is 0 Å².